The van der Waals surface area contributed by atoms with Gasteiger partial charge in [0.05, 0.1) is 0 Å². The highest BCUT2D eigenvalue weighted by atomic mass is 16.6. The largest absolute Gasteiger partial charge is 0.292 e. The first-order valence-corrected chi connectivity index (χ1v) is 9.00. The summed E-state index contributed by atoms with van der Waals surface area (Å²) in [5.74, 6) is -1.20. The summed E-state index contributed by atoms with van der Waals surface area (Å²) in [4.78, 5) is 26.2. The van der Waals surface area contributed by atoms with E-state index in [1.807, 2.05) is 30.3 Å². The maximum Gasteiger partial charge on any atom is 0.190 e. The number of ketones is 2. The summed E-state index contributed by atoms with van der Waals surface area (Å²) in [6, 6.07) is 9.71. The minimum absolute atomic E-state index is 0.108. The van der Waals surface area contributed by atoms with Crippen LogP contribution in [0.25, 0.3) is 0 Å². The summed E-state index contributed by atoms with van der Waals surface area (Å²) in [5.41, 5.74) is 2.74. The SMILES string of the molecule is O=C1c2nonc2CC[C@H]1C(c1ccccc1)[C@@H]1CCc2nonc2C1=O. The van der Waals surface area contributed by atoms with Crippen molar-refractivity contribution in [3.63, 3.8) is 0 Å². The molecule has 5 rings (SSSR count). The number of carbonyl (C=O) groups excluding carboxylic acids is 2. The number of hydrogen-bond donors (Lipinski definition) is 0. The van der Waals surface area contributed by atoms with Gasteiger partial charge in [-0.1, -0.05) is 40.6 Å². The van der Waals surface area contributed by atoms with Gasteiger partial charge in [0.25, 0.3) is 0 Å². The van der Waals surface area contributed by atoms with Crippen LogP contribution < -0.4 is 0 Å². The molecule has 2 aliphatic rings. The molecule has 1 aromatic carbocycles. The van der Waals surface area contributed by atoms with Gasteiger partial charge in [-0.2, -0.15) is 0 Å². The summed E-state index contributed by atoms with van der Waals surface area (Å²) in [7, 11) is 0. The standard InChI is InChI=1S/C19H16N4O4/c24-18-11(6-8-13-16(18)22-26-20-13)15(10-4-2-1-3-5-10)12-7-9-14-17(19(12)25)23-27-21-14/h1-5,11-12,15H,6-9H2/t11-,12-/m0/s1. The summed E-state index contributed by atoms with van der Waals surface area (Å²) >= 11 is 0. The quantitative estimate of drug-likeness (QED) is 0.696. The molecular formula is C19H16N4O4. The first-order chi connectivity index (χ1) is 13.2. The molecule has 0 bridgehead atoms. The first-order valence-electron chi connectivity index (χ1n) is 9.00. The maximum absolute atomic E-state index is 13.1. The Bertz CT molecular complexity index is 947. The Kier molecular flexibility index (Phi) is 3.70. The van der Waals surface area contributed by atoms with Crippen LogP contribution in [0.4, 0.5) is 0 Å². The van der Waals surface area contributed by atoms with E-state index in [0.29, 0.717) is 48.5 Å². The van der Waals surface area contributed by atoms with E-state index >= 15 is 0 Å². The van der Waals surface area contributed by atoms with Crippen LogP contribution in [0.15, 0.2) is 39.6 Å². The van der Waals surface area contributed by atoms with Gasteiger partial charge in [-0.25, -0.2) is 9.26 Å². The van der Waals surface area contributed by atoms with Crippen molar-refractivity contribution in [1.82, 2.24) is 20.6 Å². The van der Waals surface area contributed by atoms with E-state index in [4.69, 9.17) is 9.26 Å². The molecule has 0 fully saturated rings. The van der Waals surface area contributed by atoms with Crippen LogP contribution in [0.5, 0.6) is 0 Å². The van der Waals surface area contributed by atoms with E-state index < -0.39 is 0 Å². The Balaban J connectivity index is 1.57. The van der Waals surface area contributed by atoms with Gasteiger partial charge in [0.15, 0.2) is 23.0 Å². The number of hydrogen-bond acceptors (Lipinski definition) is 8. The van der Waals surface area contributed by atoms with Gasteiger partial charge < -0.3 is 0 Å². The monoisotopic (exact) mass is 364 g/mol. The Labute approximate surface area is 153 Å². The number of aryl methyl sites for hydroxylation is 2. The zero-order chi connectivity index (χ0) is 18.4. The maximum atomic E-state index is 13.1. The van der Waals surface area contributed by atoms with Crippen LogP contribution in [-0.2, 0) is 12.8 Å². The average Bonchev–Trinajstić information content (AvgIpc) is 3.36. The molecule has 0 saturated carbocycles. The lowest BCUT2D eigenvalue weighted by Gasteiger charge is -2.34. The molecule has 27 heavy (non-hydrogen) atoms. The minimum atomic E-state index is -0.359. The fourth-order valence-electron chi connectivity index (χ4n) is 4.42. The second-order valence-corrected chi connectivity index (χ2v) is 7.07. The Morgan fingerprint density at radius 1 is 0.778 bits per heavy atom. The predicted octanol–water partition coefficient (Wildman–Crippen LogP) is 2.43. The third kappa shape index (κ3) is 2.51. The molecule has 2 heterocycles. The molecule has 136 valence electrons. The molecule has 0 aliphatic heterocycles. The van der Waals surface area contributed by atoms with Gasteiger partial charge in [-0.3, -0.25) is 9.59 Å². The molecule has 0 spiro atoms. The van der Waals surface area contributed by atoms with Gasteiger partial charge >= 0.3 is 0 Å². The lowest BCUT2D eigenvalue weighted by molar-refractivity contribution is 0.0772. The van der Waals surface area contributed by atoms with Crippen molar-refractivity contribution < 1.29 is 18.8 Å². The molecule has 0 N–H and O–H groups in total. The number of benzene rings is 1. The van der Waals surface area contributed by atoms with E-state index in [1.54, 1.807) is 0 Å². The molecule has 2 atom stereocenters. The van der Waals surface area contributed by atoms with E-state index in [9.17, 15) is 9.59 Å². The summed E-state index contributed by atoms with van der Waals surface area (Å²) in [6.07, 6.45) is 2.42. The van der Waals surface area contributed by atoms with Crippen molar-refractivity contribution in [2.45, 2.75) is 31.6 Å². The molecule has 0 amide bonds. The third-order valence-electron chi connectivity index (χ3n) is 5.69. The Hall–Kier alpha value is -3.16. The lowest BCUT2D eigenvalue weighted by atomic mass is 9.66. The number of fused-ring (bicyclic) bond motifs is 2. The molecule has 0 unspecified atom stereocenters. The Morgan fingerprint density at radius 2 is 1.30 bits per heavy atom. The fourth-order valence-corrected chi connectivity index (χ4v) is 4.42. The molecule has 8 nitrogen and oxygen atoms in total. The average molecular weight is 364 g/mol. The highest BCUT2D eigenvalue weighted by molar-refractivity contribution is 6.01. The zero-order valence-corrected chi connectivity index (χ0v) is 14.4. The molecule has 0 saturated heterocycles. The number of carbonyl (C=O) groups is 2. The predicted molar refractivity (Wildman–Crippen MR) is 90.1 cm³/mol. The van der Waals surface area contributed by atoms with Crippen molar-refractivity contribution in [3.8, 4) is 0 Å². The molecule has 2 aliphatic carbocycles. The van der Waals surface area contributed by atoms with Gasteiger partial charge in [0.1, 0.15) is 11.4 Å². The van der Waals surface area contributed by atoms with Crippen LogP contribution in [0.3, 0.4) is 0 Å². The van der Waals surface area contributed by atoms with Gasteiger partial charge in [-0.15, -0.1) is 0 Å². The topological polar surface area (TPSA) is 112 Å². The van der Waals surface area contributed by atoms with Crippen molar-refractivity contribution >= 4 is 11.6 Å². The number of Topliss-reactive ketones (excluding diaryl/α,β-unsaturated/α-hetero) is 2. The Morgan fingerprint density at radius 3 is 1.81 bits per heavy atom. The van der Waals surface area contributed by atoms with Crippen molar-refractivity contribution in [3.05, 3.63) is 58.7 Å². The summed E-state index contributed by atoms with van der Waals surface area (Å²) < 4.78 is 9.51. The smallest absolute Gasteiger partial charge is 0.190 e. The number of aromatic nitrogens is 4. The minimum Gasteiger partial charge on any atom is -0.292 e. The van der Waals surface area contributed by atoms with E-state index in [-0.39, 0.29) is 29.3 Å². The molecular weight excluding hydrogens is 348 g/mol. The van der Waals surface area contributed by atoms with Crippen LogP contribution in [0, 0.1) is 11.8 Å². The number of rotatable bonds is 3. The highest BCUT2D eigenvalue weighted by Gasteiger charge is 2.45. The second kappa shape index (κ2) is 6.22. The van der Waals surface area contributed by atoms with Crippen LogP contribution in [0.1, 0.15) is 56.7 Å². The van der Waals surface area contributed by atoms with Crippen LogP contribution in [0.2, 0.25) is 0 Å². The zero-order valence-electron chi connectivity index (χ0n) is 14.4. The lowest BCUT2D eigenvalue weighted by Crippen LogP contribution is -2.37. The van der Waals surface area contributed by atoms with E-state index in [2.05, 4.69) is 20.6 Å². The van der Waals surface area contributed by atoms with Crippen molar-refractivity contribution in [2.24, 2.45) is 11.8 Å². The summed E-state index contributed by atoms with van der Waals surface area (Å²) in [6.45, 7) is 0. The van der Waals surface area contributed by atoms with Crippen molar-refractivity contribution in [1.29, 1.82) is 0 Å². The molecule has 3 aromatic rings. The normalized spacial score (nSPS) is 22.0. The second-order valence-electron chi connectivity index (χ2n) is 7.07. The first kappa shape index (κ1) is 16.0. The van der Waals surface area contributed by atoms with E-state index in [1.165, 1.54) is 0 Å². The third-order valence-corrected chi connectivity index (χ3v) is 5.69. The molecule has 2 aromatic heterocycles. The van der Waals surface area contributed by atoms with Gasteiger partial charge in [0.2, 0.25) is 0 Å². The summed E-state index contributed by atoms with van der Waals surface area (Å²) in [5, 5.41) is 15.2. The highest BCUT2D eigenvalue weighted by Crippen LogP contribution is 2.43. The van der Waals surface area contributed by atoms with Crippen molar-refractivity contribution in [2.75, 3.05) is 0 Å². The number of nitrogens with zero attached hydrogens (tertiary/aromatic N) is 4. The van der Waals surface area contributed by atoms with Crippen LogP contribution in [-0.4, -0.2) is 32.2 Å². The fraction of sp³-hybridized carbons (Fsp3) is 0.368. The molecule has 0 radical (unpaired) electrons. The van der Waals surface area contributed by atoms with Crippen LogP contribution >= 0.6 is 0 Å². The van der Waals surface area contributed by atoms with Gasteiger partial charge in [-0.05, 0) is 41.6 Å². The van der Waals surface area contributed by atoms with Gasteiger partial charge in [0, 0.05) is 17.8 Å². The molecule has 8 heteroatoms. The van der Waals surface area contributed by atoms with E-state index in [0.717, 1.165) is 5.56 Å².